The summed E-state index contributed by atoms with van der Waals surface area (Å²) in [5, 5.41) is 22.1. The van der Waals surface area contributed by atoms with Gasteiger partial charge >= 0.3 is 0 Å². The smallest absolute Gasteiger partial charge is 0.132 e. The van der Waals surface area contributed by atoms with Crippen molar-refractivity contribution in [3.05, 3.63) is 23.3 Å². The second kappa shape index (κ2) is 8.56. The summed E-state index contributed by atoms with van der Waals surface area (Å²) in [5.41, 5.74) is 2.05. The third kappa shape index (κ3) is 6.20. The highest BCUT2D eigenvalue weighted by atomic mass is 32.2. The second-order valence-electron chi connectivity index (χ2n) is 10.3. The number of hydrogen-bond donors (Lipinski definition) is 2. The van der Waals surface area contributed by atoms with Crippen LogP contribution in [0.5, 0.6) is 5.75 Å². The van der Waals surface area contributed by atoms with Gasteiger partial charge in [0.2, 0.25) is 0 Å². The lowest BCUT2D eigenvalue weighted by atomic mass is 9.77. The first-order valence-corrected chi connectivity index (χ1v) is 10.7. The van der Waals surface area contributed by atoms with Crippen molar-refractivity contribution in [1.29, 1.82) is 0 Å². The Bertz CT molecular complexity index is 593. The summed E-state index contributed by atoms with van der Waals surface area (Å²) in [6, 6.07) is 4.13. The van der Waals surface area contributed by atoms with E-state index in [2.05, 4.69) is 81.4 Å². The molecule has 0 aromatic heterocycles. The van der Waals surface area contributed by atoms with Crippen molar-refractivity contribution in [3.8, 4) is 5.75 Å². The van der Waals surface area contributed by atoms with Crippen LogP contribution in [0.4, 0.5) is 0 Å². The van der Waals surface area contributed by atoms with Crippen molar-refractivity contribution in [2.75, 3.05) is 0 Å². The Balaban J connectivity index is 3.26. The number of benzene rings is 1. The summed E-state index contributed by atoms with van der Waals surface area (Å²) in [6.07, 6.45) is 0.505. The van der Waals surface area contributed by atoms with Gasteiger partial charge in [-0.1, -0.05) is 68.4 Å². The number of hydrogen-bond acceptors (Lipinski definition) is 3. The third-order valence-electron chi connectivity index (χ3n) is 5.27. The van der Waals surface area contributed by atoms with Crippen LogP contribution in [0.15, 0.2) is 17.0 Å². The summed E-state index contributed by atoms with van der Waals surface area (Å²) < 4.78 is 0. The van der Waals surface area contributed by atoms with Gasteiger partial charge < -0.3 is 10.2 Å². The van der Waals surface area contributed by atoms with Crippen LogP contribution in [0.2, 0.25) is 0 Å². The average Bonchev–Trinajstić information content (AvgIpc) is 2.45. The zero-order valence-electron chi connectivity index (χ0n) is 18.5. The highest BCUT2D eigenvalue weighted by Crippen LogP contribution is 2.44. The van der Waals surface area contributed by atoms with Gasteiger partial charge in [0.05, 0.1) is 11.0 Å². The van der Waals surface area contributed by atoms with Crippen molar-refractivity contribution in [1.82, 2.24) is 0 Å². The Labute approximate surface area is 165 Å². The molecule has 1 rings (SSSR count). The fourth-order valence-corrected chi connectivity index (χ4v) is 4.78. The van der Waals surface area contributed by atoms with Crippen LogP contribution in [-0.4, -0.2) is 21.6 Å². The number of aliphatic hydroxyl groups excluding tert-OH is 1. The summed E-state index contributed by atoms with van der Waals surface area (Å²) in [6.45, 7) is 21.5. The van der Waals surface area contributed by atoms with E-state index in [1.54, 1.807) is 11.8 Å². The zero-order chi connectivity index (χ0) is 20.4. The van der Waals surface area contributed by atoms with E-state index < -0.39 is 6.10 Å². The van der Waals surface area contributed by atoms with Crippen LogP contribution in [0.25, 0.3) is 0 Å². The minimum atomic E-state index is -0.416. The maximum atomic E-state index is 11.1. The van der Waals surface area contributed by atoms with Crippen LogP contribution in [0.1, 0.15) is 79.9 Å². The molecule has 0 amide bonds. The van der Waals surface area contributed by atoms with Crippen molar-refractivity contribution in [3.63, 3.8) is 0 Å². The summed E-state index contributed by atoms with van der Waals surface area (Å²) in [7, 11) is 0. The van der Waals surface area contributed by atoms with Gasteiger partial charge in [0.15, 0.2) is 0 Å². The number of aryl methyl sites for hydroxylation is 1. The summed E-state index contributed by atoms with van der Waals surface area (Å²) in [4.78, 5) is 0.890. The molecule has 0 saturated carbocycles. The Hall–Kier alpha value is -0.670. The van der Waals surface area contributed by atoms with Gasteiger partial charge in [-0.3, -0.25) is 0 Å². The number of phenolic OH excluding ortho intramolecular Hbond substituents is 1. The number of aliphatic hydroxyl groups is 1. The lowest BCUT2D eigenvalue weighted by Crippen LogP contribution is -2.37. The molecule has 0 aliphatic heterocycles. The lowest BCUT2D eigenvalue weighted by molar-refractivity contribution is 0.0487. The van der Waals surface area contributed by atoms with Crippen molar-refractivity contribution in [2.45, 2.75) is 97.3 Å². The predicted molar refractivity (Wildman–Crippen MR) is 115 cm³/mol. The molecule has 3 unspecified atom stereocenters. The molecule has 0 spiro atoms. The van der Waals surface area contributed by atoms with Crippen LogP contribution >= 0.6 is 11.8 Å². The van der Waals surface area contributed by atoms with E-state index in [4.69, 9.17) is 0 Å². The van der Waals surface area contributed by atoms with Crippen LogP contribution in [0, 0.1) is 24.2 Å². The molecule has 0 fully saturated rings. The normalized spacial score (nSPS) is 16.6. The molecule has 0 aliphatic rings. The summed E-state index contributed by atoms with van der Waals surface area (Å²) in [5.74, 6) is 1.04. The van der Waals surface area contributed by atoms with E-state index in [0.717, 1.165) is 22.4 Å². The topological polar surface area (TPSA) is 40.5 Å². The van der Waals surface area contributed by atoms with Gasteiger partial charge in [-0.05, 0) is 47.6 Å². The minimum Gasteiger partial charge on any atom is -0.506 e. The Morgan fingerprint density at radius 3 is 1.96 bits per heavy atom. The monoisotopic (exact) mass is 380 g/mol. The molecule has 0 aliphatic carbocycles. The molecule has 0 heterocycles. The van der Waals surface area contributed by atoms with E-state index in [1.807, 2.05) is 0 Å². The quantitative estimate of drug-likeness (QED) is 0.550. The van der Waals surface area contributed by atoms with Gasteiger partial charge in [-0.15, -0.1) is 11.8 Å². The molecule has 26 heavy (non-hydrogen) atoms. The van der Waals surface area contributed by atoms with Gasteiger partial charge in [0.25, 0.3) is 0 Å². The van der Waals surface area contributed by atoms with Crippen molar-refractivity contribution < 1.29 is 10.2 Å². The predicted octanol–water partition coefficient (Wildman–Crippen LogP) is 6.55. The maximum absolute atomic E-state index is 11.1. The van der Waals surface area contributed by atoms with E-state index in [0.29, 0.717) is 11.7 Å². The molecule has 2 nitrogen and oxygen atoms in total. The molecule has 0 radical (unpaired) electrons. The molecule has 0 bridgehead atoms. The van der Waals surface area contributed by atoms with Crippen LogP contribution in [0.3, 0.4) is 0 Å². The minimum absolute atomic E-state index is 0.0421. The second-order valence-corrected chi connectivity index (χ2v) is 11.6. The van der Waals surface area contributed by atoms with Crippen LogP contribution < -0.4 is 0 Å². The highest BCUT2D eigenvalue weighted by molar-refractivity contribution is 8.00. The average molecular weight is 381 g/mol. The molecule has 3 atom stereocenters. The molecule has 2 N–H and O–H groups in total. The van der Waals surface area contributed by atoms with E-state index >= 15 is 0 Å². The third-order valence-corrected chi connectivity index (χ3v) is 6.61. The fourth-order valence-electron chi connectivity index (χ4n) is 3.13. The lowest BCUT2D eigenvalue weighted by Gasteiger charge is -2.36. The summed E-state index contributed by atoms with van der Waals surface area (Å²) >= 11 is 1.64. The largest absolute Gasteiger partial charge is 0.506 e. The Morgan fingerprint density at radius 2 is 1.54 bits per heavy atom. The van der Waals surface area contributed by atoms with E-state index in [1.165, 1.54) is 0 Å². The molecular weight excluding hydrogens is 340 g/mol. The van der Waals surface area contributed by atoms with Crippen LogP contribution in [-0.2, 0) is 5.41 Å². The molecule has 3 heteroatoms. The number of thioether (sulfide) groups is 1. The Morgan fingerprint density at radius 1 is 1.00 bits per heavy atom. The van der Waals surface area contributed by atoms with Gasteiger partial charge in [0, 0.05) is 10.8 Å². The molecule has 1 aromatic carbocycles. The fraction of sp³-hybridized carbons (Fsp3) is 0.739. The highest BCUT2D eigenvalue weighted by Gasteiger charge is 2.34. The number of phenols is 1. The van der Waals surface area contributed by atoms with E-state index in [9.17, 15) is 10.2 Å². The van der Waals surface area contributed by atoms with Crippen molar-refractivity contribution in [2.24, 2.45) is 17.3 Å². The first-order valence-electron chi connectivity index (χ1n) is 9.83. The molecule has 0 saturated heterocycles. The van der Waals surface area contributed by atoms with Gasteiger partial charge in [-0.25, -0.2) is 0 Å². The molecule has 1 aromatic rings. The SMILES string of the molecule is Cc1cc(SC(CC(C)C)C(O)C(C)C(C)(C)C)c(O)c(C(C)(C)C)c1. The van der Waals surface area contributed by atoms with E-state index in [-0.39, 0.29) is 22.0 Å². The number of rotatable bonds is 6. The number of aromatic hydroxyl groups is 1. The maximum Gasteiger partial charge on any atom is 0.132 e. The van der Waals surface area contributed by atoms with Gasteiger partial charge in [0.1, 0.15) is 5.75 Å². The molecule has 150 valence electrons. The Kier molecular flexibility index (Phi) is 7.69. The van der Waals surface area contributed by atoms with Gasteiger partial charge in [-0.2, -0.15) is 0 Å². The van der Waals surface area contributed by atoms with Crippen molar-refractivity contribution >= 4 is 11.8 Å². The zero-order valence-corrected chi connectivity index (χ0v) is 19.3. The molecular formula is C23H40O2S. The first-order chi connectivity index (χ1) is 11.6. The standard InChI is InChI=1S/C23H40O2S/c1-14(2)11-18(20(24)16(4)22(5,6)7)26-19-13-15(3)12-17(21(19)25)23(8,9)10/h12-14,16,18,20,24-25H,11H2,1-10H3. The first kappa shape index (κ1) is 23.4.